The van der Waals surface area contributed by atoms with Crippen molar-refractivity contribution in [3.05, 3.63) is 65.7 Å². The predicted octanol–water partition coefficient (Wildman–Crippen LogP) is 5.16. The first-order valence-electron chi connectivity index (χ1n) is 12.5. The van der Waals surface area contributed by atoms with E-state index in [0.29, 0.717) is 12.5 Å². The van der Waals surface area contributed by atoms with Crippen LogP contribution in [0.3, 0.4) is 0 Å². The van der Waals surface area contributed by atoms with Gasteiger partial charge in [-0.2, -0.15) is 0 Å². The van der Waals surface area contributed by atoms with Crippen molar-refractivity contribution in [2.75, 3.05) is 27.2 Å². The van der Waals surface area contributed by atoms with Gasteiger partial charge in [-0.1, -0.05) is 48.9 Å². The third-order valence-electron chi connectivity index (χ3n) is 8.57. The highest BCUT2D eigenvalue weighted by atomic mass is 16.5. The highest BCUT2D eigenvalue weighted by molar-refractivity contribution is 5.78. The smallest absolute Gasteiger partial charge is 0.320 e. The number of rotatable bonds is 7. The van der Waals surface area contributed by atoms with Crippen molar-refractivity contribution < 1.29 is 9.53 Å². The number of carbonyl (C=O) groups excluding carboxylic acids is 1. The van der Waals surface area contributed by atoms with Gasteiger partial charge in [0.05, 0.1) is 12.6 Å². The van der Waals surface area contributed by atoms with Gasteiger partial charge < -0.3 is 19.9 Å². The summed E-state index contributed by atoms with van der Waals surface area (Å²) in [6.45, 7) is 2.39. The Morgan fingerprint density at radius 1 is 1.03 bits per heavy atom. The third kappa shape index (κ3) is 4.12. The molecule has 0 bridgehead atoms. The minimum absolute atomic E-state index is 0.00207. The number of nitrogens with one attached hydrogen (secondary N) is 1. The fourth-order valence-electron chi connectivity index (χ4n) is 6.21. The highest BCUT2D eigenvalue weighted by Crippen LogP contribution is 2.47. The van der Waals surface area contributed by atoms with Gasteiger partial charge in [0.1, 0.15) is 5.75 Å². The van der Waals surface area contributed by atoms with E-state index < -0.39 is 0 Å². The van der Waals surface area contributed by atoms with Gasteiger partial charge in [0.25, 0.3) is 0 Å². The maximum absolute atomic E-state index is 13.7. The highest BCUT2D eigenvalue weighted by Gasteiger charge is 2.54. The molecule has 5 nitrogen and oxygen atoms in total. The minimum atomic E-state index is -0.0549. The van der Waals surface area contributed by atoms with Gasteiger partial charge in [0, 0.05) is 25.2 Å². The number of ether oxygens (including phenoxy) is 1. The van der Waals surface area contributed by atoms with Gasteiger partial charge in [0.15, 0.2) is 0 Å². The van der Waals surface area contributed by atoms with E-state index in [2.05, 4.69) is 64.6 Å². The van der Waals surface area contributed by atoms with E-state index >= 15 is 0 Å². The molecule has 1 saturated heterocycles. The summed E-state index contributed by atoms with van der Waals surface area (Å²) in [5.41, 5.74) is 2.44. The topological polar surface area (TPSA) is 44.8 Å². The third-order valence-corrected chi connectivity index (χ3v) is 8.57. The number of benzene rings is 2. The number of hydrogen-bond donors (Lipinski definition) is 1. The molecule has 2 amide bonds. The van der Waals surface area contributed by atoms with Gasteiger partial charge in [-0.05, 0) is 74.8 Å². The molecule has 1 heterocycles. The van der Waals surface area contributed by atoms with E-state index in [0.717, 1.165) is 50.1 Å². The number of carbonyl (C=O) groups is 1. The molecule has 0 atom stereocenters. The average Bonchev–Trinajstić information content (AvgIpc) is 3.08. The molecular weight excluding hydrogens is 410 g/mol. The van der Waals surface area contributed by atoms with Crippen molar-refractivity contribution in [3.8, 4) is 5.75 Å². The van der Waals surface area contributed by atoms with Gasteiger partial charge in [-0.25, -0.2) is 4.79 Å². The number of hydrogen-bond acceptors (Lipinski definition) is 3. The van der Waals surface area contributed by atoms with Crippen molar-refractivity contribution in [1.82, 2.24) is 15.1 Å². The van der Waals surface area contributed by atoms with E-state index in [1.807, 2.05) is 12.1 Å². The second-order valence-electron chi connectivity index (χ2n) is 10.3. The molecule has 2 aromatic rings. The van der Waals surface area contributed by atoms with E-state index in [9.17, 15) is 4.79 Å². The van der Waals surface area contributed by atoms with Crippen molar-refractivity contribution in [1.29, 1.82) is 0 Å². The van der Waals surface area contributed by atoms with Crippen molar-refractivity contribution in [2.24, 2.45) is 5.92 Å². The van der Waals surface area contributed by atoms with Crippen LogP contribution < -0.4 is 10.1 Å². The number of urea groups is 1. The summed E-state index contributed by atoms with van der Waals surface area (Å²) >= 11 is 0. The SMILES string of the molecule is CN[C@]1(c2ccccc2)CC[C@]2(CC1)CN(Cc1cccc(OC)c1)C(=O)N2CC1CCC1. The summed E-state index contributed by atoms with van der Waals surface area (Å²) in [5.74, 6) is 1.52. The first-order valence-corrected chi connectivity index (χ1v) is 12.5. The van der Waals surface area contributed by atoms with Crippen molar-refractivity contribution in [3.63, 3.8) is 0 Å². The Balaban J connectivity index is 1.38. The Morgan fingerprint density at radius 2 is 1.79 bits per heavy atom. The zero-order valence-electron chi connectivity index (χ0n) is 20.1. The van der Waals surface area contributed by atoms with Gasteiger partial charge >= 0.3 is 6.03 Å². The zero-order valence-corrected chi connectivity index (χ0v) is 20.1. The lowest BCUT2D eigenvalue weighted by atomic mass is 9.68. The largest absolute Gasteiger partial charge is 0.497 e. The van der Waals surface area contributed by atoms with Crippen LogP contribution in [-0.2, 0) is 12.1 Å². The van der Waals surface area contributed by atoms with Crippen LogP contribution in [-0.4, -0.2) is 48.6 Å². The molecular formula is C28H37N3O2. The van der Waals surface area contributed by atoms with Crippen LogP contribution in [0.15, 0.2) is 54.6 Å². The molecule has 2 aromatic carbocycles. The van der Waals surface area contributed by atoms with Crippen LogP contribution in [0.4, 0.5) is 4.79 Å². The molecule has 0 unspecified atom stereocenters. The molecule has 0 aromatic heterocycles. The summed E-state index contributed by atoms with van der Waals surface area (Å²) in [7, 11) is 3.78. The van der Waals surface area contributed by atoms with Crippen LogP contribution >= 0.6 is 0 Å². The second kappa shape index (κ2) is 9.02. The van der Waals surface area contributed by atoms with Crippen molar-refractivity contribution in [2.45, 2.75) is 62.6 Å². The lowest BCUT2D eigenvalue weighted by Gasteiger charge is -2.49. The Bertz CT molecular complexity index is 964. The number of nitrogens with zero attached hydrogens (tertiary/aromatic N) is 2. The number of methoxy groups -OCH3 is 1. The summed E-state index contributed by atoms with van der Waals surface area (Å²) in [5, 5.41) is 3.66. The maximum Gasteiger partial charge on any atom is 0.320 e. The minimum Gasteiger partial charge on any atom is -0.497 e. The molecule has 2 saturated carbocycles. The van der Waals surface area contributed by atoms with Crippen LogP contribution in [0, 0.1) is 5.92 Å². The zero-order chi connectivity index (χ0) is 22.9. The lowest BCUT2D eigenvalue weighted by Crippen LogP contribution is -2.56. The summed E-state index contributed by atoms with van der Waals surface area (Å²) in [6, 6.07) is 19.2. The summed E-state index contributed by atoms with van der Waals surface area (Å²) < 4.78 is 5.41. The Kier molecular flexibility index (Phi) is 6.09. The first-order chi connectivity index (χ1) is 16.1. The first kappa shape index (κ1) is 22.3. The molecule has 5 heteroatoms. The van der Waals surface area contributed by atoms with Crippen LogP contribution in [0.25, 0.3) is 0 Å². The molecule has 3 fully saturated rings. The molecule has 5 rings (SSSR count). The fraction of sp³-hybridized carbons (Fsp3) is 0.536. The van der Waals surface area contributed by atoms with Crippen LogP contribution in [0.5, 0.6) is 5.75 Å². The van der Waals surface area contributed by atoms with Gasteiger partial charge in [0.2, 0.25) is 0 Å². The molecule has 0 radical (unpaired) electrons. The van der Waals surface area contributed by atoms with Crippen LogP contribution in [0.1, 0.15) is 56.1 Å². The quantitative estimate of drug-likeness (QED) is 0.638. The van der Waals surface area contributed by atoms with E-state index in [4.69, 9.17) is 4.74 Å². The monoisotopic (exact) mass is 447 g/mol. The second-order valence-corrected chi connectivity index (χ2v) is 10.3. The molecule has 1 aliphatic heterocycles. The molecule has 2 aliphatic carbocycles. The molecule has 1 N–H and O–H groups in total. The van der Waals surface area contributed by atoms with Crippen LogP contribution in [0.2, 0.25) is 0 Å². The van der Waals surface area contributed by atoms with Gasteiger partial charge in [-0.15, -0.1) is 0 Å². The Labute approximate surface area is 198 Å². The Morgan fingerprint density at radius 3 is 2.42 bits per heavy atom. The lowest BCUT2D eigenvalue weighted by molar-refractivity contribution is 0.0584. The van der Waals surface area contributed by atoms with E-state index in [1.165, 1.54) is 24.8 Å². The number of amides is 2. The summed E-state index contributed by atoms with van der Waals surface area (Å²) in [6.07, 6.45) is 8.01. The predicted molar refractivity (Wildman–Crippen MR) is 131 cm³/mol. The van der Waals surface area contributed by atoms with E-state index in [-0.39, 0.29) is 17.1 Å². The molecule has 176 valence electrons. The molecule has 1 spiro atoms. The van der Waals surface area contributed by atoms with E-state index in [1.54, 1.807) is 7.11 Å². The average molecular weight is 448 g/mol. The Hall–Kier alpha value is -2.53. The maximum atomic E-state index is 13.7. The van der Waals surface area contributed by atoms with Gasteiger partial charge in [-0.3, -0.25) is 0 Å². The normalized spacial score (nSPS) is 27.8. The van der Waals surface area contributed by atoms with Crippen molar-refractivity contribution >= 4 is 6.03 Å². The fourth-order valence-corrected chi connectivity index (χ4v) is 6.21. The molecule has 33 heavy (non-hydrogen) atoms. The standard InChI is InChI=1S/C28H37N3O2/c1-29-28(24-11-4-3-5-12-24)16-14-27(15-17-28)21-30(19-23-10-7-13-25(18-23)33-2)26(32)31(27)20-22-8-6-9-22/h3-5,7,10-13,18,22,29H,6,8-9,14-17,19-21H2,1-2H3/t27-,28+. The molecule has 3 aliphatic rings. The summed E-state index contributed by atoms with van der Waals surface area (Å²) in [4.78, 5) is 18.1.